The van der Waals surface area contributed by atoms with Crippen LogP contribution in [0.2, 0.25) is 5.02 Å². The molecule has 0 saturated heterocycles. The van der Waals surface area contributed by atoms with Crippen molar-refractivity contribution in [3.8, 4) is 0 Å². The second-order valence-corrected chi connectivity index (χ2v) is 7.06. The third kappa shape index (κ3) is 4.25. The van der Waals surface area contributed by atoms with Crippen LogP contribution in [0.15, 0.2) is 18.2 Å². The number of nitrogens with zero attached hydrogens (tertiary/aromatic N) is 1. The van der Waals surface area contributed by atoms with Crippen LogP contribution < -0.4 is 5.32 Å². The second kappa shape index (κ2) is 7.34. The standard InChI is InChI=1S/C16H20ClFN2S/c1-10(2)7-14-15(9-19-3)21-16(20-14)8-11-12(17)5-4-6-13(11)18/h4-6,10,19H,7-9H2,1-3H3. The summed E-state index contributed by atoms with van der Waals surface area (Å²) in [6.07, 6.45) is 1.39. The maximum atomic E-state index is 13.9. The molecular formula is C16H20ClFN2S. The van der Waals surface area contributed by atoms with E-state index in [0.29, 0.717) is 22.9 Å². The minimum absolute atomic E-state index is 0.265. The van der Waals surface area contributed by atoms with E-state index in [4.69, 9.17) is 16.6 Å². The van der Waals surface area contributed by atoms with Crippen LogP contribution in [0.5, 0.6) is 0 Å². The van der Waals surface area contributed by atoms with Gasteiger partial charge in [0.2, 0.25) is 0 Å². The molecule has 0 saturated carbocycles. The number of hydrogen-bond donors (Lipinski definition) is 1. The van der Waals surface area contributed by atoms with Gasteiger partial charge in [0.1, 0.15) is 5.82 Å². The Morgan fingerprint density at radius 3 is 2.76 bits per heavy atom. The number of hydrogen-bond acceptors (Lipinski definition) is 3. The molecule has 0 spiro atoms. The summed E-state index contributed by atoms with van der Waals surface area (Å²) in [7, 11) is 1.92. The maximum Gasteiger partial charge on any atom is 0.128 e. The fraction of sp³-hybridized carbons (Fsp3) is 0.438. The van der Waals surface area contributed by atoms with Crippen molar-refractivity contribution < 1.29 is 4.39 Å². The lowest BCUT2D eigenvalue weighted by molar-refractivity contribution is 0.612. The van der Waals surface area contributed by atoms with E-state index in [1.54, 1.807) is 23.5 Å². The number of nitrogens with one attached hydrogen (secondary N) is 1. The minimum Gasteiger partial charge on any atom is -0.315 e. The predicted octanol–water partition coefficient (Wildman–Crippen LogP) is 4.44. The molecule has 114 valence electrons. The van der Waals surface area contributed by atoms with Gasteiger partial charge in [0.05, 0.1) is 10.7 Å². The largest absolute Gasteiger partial charge is 0.315 e. The number of rotatable bonds is 6. The first-order chi connectivity index (χ1) is 10.0. The quantitative estimate of drug-likeness (QED) is 0.848. The Hall–Kier alpha value is -0.970. The van der Waals surface area contributed by atoms with Crippen LogP contribution in [-0.2, 0) is 19.4 Å². The molecule has 2 rings (SSSR count). The zero-order chi connectivity index (χ0) is 15.4. The Bertz CT molecular complexity index is 590. The van der Waals surface area contributed by atoms with Crippen molar-refractivity contribution in [3.05, 3.63) is 50.2 Å². The van der Waals surface area contributed by atoms with E-state index in [9.17, 15) is 4.39 Å². The Morgan fingerprint density at radius 2 is 2.14 bits per heavy atom. The Kier molecular flexibility index (Phi) is 5.73. The third-order valence-corrected chi connectivity index (χ3v) is 4.60. The van der Waals surface area contributed by atoms with Gasteiger partial charge in [0, 0.05) is 28.4 Å². The van der Waals surface area contributed by atoms with E-state index < -0.39 is 0 Å². The van der Waals surface area contributed by atoms with Gasteiger partial charge >= 0.3 is 0 Å². The molecule has 0 radical (unpaired) electrons. The summed E-state index contributed by atoms with van der Waals surface area (Å²) in [6, 6.07) is 4.79. The van der Waals surface area contributed by atoms with E-state index in [0.717, 1.165) is 23.7 Å². The molecule has 0 aliphatic heterocycles. The molecule has 1 aromatic heterocycles. The van der Waals surface area contributed by atoms with Gasteiger partial charge in [-0.2, -0.15) is 0 Å². The highest BCUT2D eigenvalue weighted by Gasteiger charge is 2.15. The van der Waals surface area contributed by atoms with Crippen LogP contribution in [0, 0.1) is 11.7 Å². The minimum atomic E-state index is -0.265. The first-order valence-corrected chi connectivity index (χ1v) is 8.25. The molecule has 0 fully saturated rings. The molecule has 0 atom stereocenters. The van der Waals surface area contributed by atoms with Gasteiger partial charge in [-0.15, -0.1) is 11.3 Å². The summed E-state index contributed by atoms with van der Waals surface area (Å²) >= 11 is 7.74. The fourth-order valence-corrected chi connectivity index (χ4v) is 3.56. The van der Waals surface area contributed by atoms with E-state index in [1.807, 2.05) is 7.05 Å². The molecular weight excluding hydrogens is 307 g/mol. The number of thiazole rings is 1. The van der Waals surface area contributed by atoms with Crippen LogP contribution in [0.3, 0.4) is 0 Å². The molecule has 1 N–H and O–H groups in total. The van der Waals surface area contributed by atoms with Gasteiger partial charge in [0.15, 0.2) is 0 Å². The van der Waals surface area contributed by atoms with Gasteiger partial charge in [-0.25, -0.2) is 9.37 Å². The summed E-state index contributed by atoms with van der Waals surface area (Å²) in [4.78, 5) is 5.93. The lowest BCUT2D eigenvalue weighted by atomic mass is 10.1. The van der Waals surface area contributed by atoms with Gasteiger partial charge in [-0.05, 0) is 31.5 Å². The lowest BCUT2D eigenvalue weighted by Crippen LogP contribution is -2.07. The van der Waals surface area contributed by atoms with E-state index >= 15 is 0 Å². The van der Waals surface area contributed by atoms with Crippen LogP contribution >= 0.6 is 22.9 Å². The topological polar surface area (TPSA) is 24.9 Å². The summed E-state index contributed by atoms with van der Waals surface area (Å²) in [5.41, 5.74) is 1.65. The number of aromatic nitrogens is 1. The molecule has 1 aromatic carbocycles. The average Bonchev–Trinajstić information content (AvgIpc) is 2.76. The van der Waals surface area contributed by atoms with Crippen molar-refractivity contribution >= 4 is 22.9 Å². The molecule has 0 amide bonds. The molecule has 0 bridgehead atoms. The normalized spacial score (nSPS) is 11.3. The monoisotopic (exact) mass is 326 g/mol. The van der Waals surface area contributed by atoms with Gasteiger partial charge in [-0.3, -0.25) is 0 Å². The zero-order valence-corrected chi connectivity index (χ0v) is 14.1. The zero-order valence-electron chi connectivity index (χ0n) is 12.5. The summed E-state index contributed by atoms with van der Waals surface area (Å²) in [5.74, 6) is 0.283. The Labute approximate surface area is 134 Å². The number of benzene rings is 1. The van der Waals surface area contributed by atoms with Crippen molar-refractivity contribution in [2.45, 2.75) is 33.2 Å². The lowest BCUT2D eigenvalue weighted by Gasteiger charge is -2.04. The Balaban J connectivity index is 2.28. The van der Waals surface area contributed by atoms with Gasteiger partial charge in [0.25, 0.3) is 0 Å². The molecule has 0 aliphatic carbocycles. The predicted molar refractivity (Wildman–Crippen MR) is 87.6 cm³/mol. The van der Waals surface area contributed by atoms with Crippen LogP contribution in [0.1, 0.15) is 35.0 Å². The highest BCUT2D eigenvalue weighted by atomic mass is 35.5. The second-order valence-electron chi connectivity index (χ2n) is 5.48. The highest BCUT2D eigenvalue weighted by molar-refractivity contribution is 7.11. The van der Waals surface area contributed by atoms with E-state index in [-0.39, 0.29) is 5.82 Å². The first kappa shape index (κ1) is 16.4. The van der Waals surface area contributed by atoms with Crippen LogP contribution in [0.25, 0.3) is 0 Å². The van der Waals surface area contributed by atoms with E-state index in [1.165, 1.54) is 10.9 Å². The van der Waals surface area contributed by atoms with Crippen LogP contribution in [-0.4, -0.2) is 12.0 Å². The Morgan fingerprint density at radius 1 is 1.38 bits per heavy atom. The van der Waals surface area contributed by atoms with Crippen molar-refractivity contribution in [1.82, 2.24) is 10.3 Å². The number of halogens is 2. The SMILES string of the molecule is CNCc1sc(Cc2c(F)cccc2Cl)nc1CC(C)C. The van der Waals surface area contributed by atoms with Crippen molar-refractivity contribution in [2.24, 2.45) is 5.92 Å². The smallest absolute Gasteiger partial charge is 0.128 e. The third-order valence-electron chi connectivity index (χ3n) is 3.15. The highest BCUT2D eigenvalue weighted by Crippen LogP contribution is 2.27. The molecule has 0 unspecified atom stereocenters. The molecule has 21 heavy (non-hydrogen) atoms. The molecule has 5 heteroatoms. The average molecular weight is 327 g/mol. The van der Waals surface area contributed by atoms with Crippen molar-refractivity contribution in [2.75, 3.05) is 7.05 Å². The van der Waals surface area contributed by atoms with Gasteiger partial charge < -0.3 is 5.32 Å². The fourth-order valence-electron chi connectivity index (χ4n) is 2.21. The molecule has 0 aliphatic rings. The maximum absolute atomic E-state index is 13.9. The molecule has 2 nitrogen and oxygen atoms in total. The summed E-state index contributed by atoms with van der Waals surface area (Å²) in [6.45, 7) is 5.15. The summed E-state index contributed by atoms with van der Waals surface area (Å²) < 4.78 is 13.9. The molecule has 2 aromatic rings. The van der Waals surface area contributed by atoms with Crippen molar-refractivity contribution in [3.63, 3.8) is 0 Å². The van der Waals surface area contributed by atoms with Gasteiger partial charge in [-0.1, -0.05) is 31.5 Å². The van der Waals surface area contributed by atoms with Crippen molar-refractivity contribution in [1.29, 1.82) is 0 Å². The van der Waals surface area contributed by atoms with E-state index in [2.05, 4.69) is 19.2 Å². The van der Waals surface area contributed by atoms with Crippen LogP contribution in [0.4, 0.5) is 4.39 Å². The molecule has 1 heterocycles. The summed E-state index contributed by atoms with van der Waals surface area (Å²) in [5, 5.41) is 4.55. The first-order valence-electron chi connectivity index (χ1n) is 7.06.